The van der Waals surface area contributed by atoms with Gasteiger partial charge in [-0.25, -0.2) is 0 Å². The average molecular weight is 324 g/mol. The summed E-state index contributed by atoms with van der Waals surface area (Å²) < 4.78 is 0. The van der Waals surface area contributed by atoms with Crippen molar-refractivity contribution in [3.63, 3.8) is 0 Å². The van der Waals surface area contributed by atoms with Gasteiger partial charge in [-0.3, -0.25) is 14.7 Å². The van der Waals surface area contributed by atoms with E-state index in [1.54, 1.807) is 0 Å². The first-order valence-electron chi connectivity index (χ1n) is 8.52. The number of aromatic nitrogens is 1. The van der Waals surface area contributed by atoms with Crippen LogP contribution in [0.2, 0.25) is 0 Å². The maximum absolute atomic E-state index is 11.2. The van der Waals surface area contributed by atoms with Gasteiger partial charge < -0.3 is 5.11 Å². The third-order valence-corrected chi connectivity index (χ3v) is 4.92. The fourth-order valence-electron chi connectivity index (χ4n) is 3.56. The van der Waals surface area contributed by atoms with Gasteiger partial charge in [-0.2, -0.15) is 0 Å². The van der Waals surface area contributed by atoms with E-state index in [1.807, 2.05) is 19.1 Å². The molecule has 126 valence electrons. The number of carboxylic acids is 1. The minimum absolute atomic E-state index is 0.0841. The van der Waals surface area contributed by atoms with Crippen LogP contribution < -0.4 is 0 Å². The molecule has 1 unspecified atom stereocenters. The van der Waals surface area contributed by atoms with Crippen LogP contribution in [0.25, 0.3) is 0 Å². The van der Waals surface area contributed by atoms with Crippen molar-refractivity contribution in [3.05, 3.63) is 65.0 Å². The number of rotatable bonds is 4. The number of hydrogen-bond donors (Lipinski definition) is 1. The predicted octanol–water partition coefficient (Wildman–Crippen LogP) is 3.58. The molecule has 4 nitrogen and oxygen atoms in total. The number of aliphatic carboxylic acids is 1. The molecule has 1 atom stereocenters. The number of nitrogens with zero attached hydrogens (tertiary/aromatic N) is 2. The molecule has 1 aromatic heterocycles. The van der Waals surface area contributed by atoms with Gasteiger partial charge in [-0.1, -0.05) is 30.3 Å². The highest BCUT2D eigenvalue weighted by atomic mass is 16.4. The van der Waals surface area contributed by atoms with E-state index in [9.17, 15) is 9.90 Å². The Balaban J connectivity index is 1.95. The van der Waals surface area contributed by atoms with Crippen LogP contribution in [0.3, 0.4) is 0 Å². The summed E-state index contributed by atoms with van der Waals surface area (Å²) in [4.78, 5) is 18.4. The number of benzene rings is 1. The summed E-state index contributed by atoms with van der Waals surface area (Å²) in [7, 11) is 0. The smallest absolute Gasteiger partial charge is 0.306 e. The van der Waals surface area contributed by atoms with Crippen LogP contribution in [0, 0.1) is 19.8 Å². The zero-order valence-electron chi connectivity index (χ0n) is 14.3. The minimum Gasteiger partial charge on any atom is -0.481 e. The Morgan fingerprint density at radius 2 is 1.83 bits per heavy atom. The third-order valence-electron chi connectivity index (χ3n) is 4.92. The molecule has 0 aliphatic carbocycles. The summed E-state index contributed by atoms with van der Waals surface area (Å²) in [6, 6.07) is 14.6. The second-order valence-corrected chi connectivity index (χ2v) is 6.61. The Morgan fingerprint density at radius 3 is 2.46 bits per heavy atom. The summed E-state index contributed by atoms with van der Waals surface area (Å²) >= 11 is 0. The Hall–Kier alpha value is -2.20. The van der Waals surface area contributed by atoms with Gasteiger partial charge >= 0.3 is 5.97 Å². The predicted molar refractivity (Wildman–Crippen MR) is 93.9 cm³/mol. The first kappa shape index (κ1) is 16.7. The Bertz CT molecular complexity index is 721. The molecular weight excluding hydrogens is 300 g/mol. The molecule has 2 aromatic rings. The topological polar surface area (TPSA) is 53.4 Å². The molecule has 1 saturated heterocycles. The van der Waals surface area contributed by atoms with E-state index < -0.39 is 5.97 Å². The van der Waals surface area contributed by atoms with Gasteiger partial charge in [-0.05, 0) is 63.0 Å². The van der Waals surface area contributed by atoms with Gasteiger partial charge in [0.25, 0.3) is 0 Å². The molecule has 1 aliphatic heterocycles. The number of aryl methyl sites for hydroxylation is 2. The maximum atomic E-state index is 11.2. The lowest BCUT2D eigenvalue weighted by Crippen LogP contribution is -2.39. The van der Waals surface area contributed by atoms with Gasteiger partial charge in [-0.15, -0.1) is 0 Å². The van der Waals surface area contributed by atoms with E-state index in [2.05, 4.69) is 42.2 Å². The fourth-order valence-corrected chi connectivity index (χ4v) is 3.56. The van der Waals surface area contributed by atoms with E-state index in [-0.39, 0.29) is 12.0 Å². The van der Waals surface area contributed by atoms with Crippen LogP contribution in [0.4, 0.5) is 0 Å². The van der Waals surface area contributed by atoms with Gasteiger partial charge in [0.2, 0.25) is 0 Å². The molecule has 2 heterocycles. The Labute approximate surface area is 143 Å². The zero-order valence-corrected chi connectivity index (χ0v) is 14.3. The molecule has 0 spiro atoms. The van der Waals surface area contributed by atoms with Crippen molar-refractivity contribution in [2.45, 2.75) is 32.7 Å². The monoisotopic (exact) mass is 324 g/mol. The van der Waals surface area contributed by atoms with Gasteiger partial charge in [0.05, 0.1) is 17.7 Å². The van der Waals surface area contributed by atoms with Crippen LogP contribution in [-0.4, -0.2) is 34.0 Å². The quantitative estimate of drug-likeness (QED) is 0.934. The summed E-state index contributed by atoms with van der Waals surface area (Å²) in [6.45, 7) is 5.70. The SMILES string of the molecule is Cc1cccc(C(c2ccccc2C)N2CCC(C(=O)O)CC2)n1. The van der Waals surface area contributed by atoms with Crippen molar-refractivity contribution in [2.24, 2.45) is 5.92 Å². The van der Waals surface area contributed by atoms with Crippen molar-refractivity contribution in [2.75, 3.05) is 13.1 Å². The third kappa shape index (κ3) is 3.49. The number of carboxylic acid groups (broad SMARTS) is 1. The molecule has 4 heteroatoms. The highest BCUT2D eigenvalue weighted by Crippen LogP contribution is 2.33. The first-order valence-corrected chi connectivity index (χ1v) is 8.52. The first-order chi connectivity index (χ1) is 11.6. The minimum atomic E-state index is -0.671. The maximum Gasteiger partial charge on any atom is 0.306 e. The molecule has 1 aromatic carbocycles. The highest BCUT2D eigenvalue weighted by molar-refractivity contribution is 5.70. The van der Waals surface area contributed by atoms with Crippen molar-refractivity contribution in [3.8, 4) is 0 Å². The fraction of sp³-hybridized carbons (Fsp3) is 0.400. The number of carbonyl (C=O) groups is 1. The molecule has 3 rings (SSSR count). The number of likely N-dealkylation sites (tertiary alicyclic amines) is 1. The highest BCUT2D eigenvalue weighted by Gasteiger charge is 2.31. The van der Waals surface area contributed by atoms with Crippen molar-refractivity contribution in [1.29, 1.82) is 0 Å². The van der Waals surface area contributed by atoms with Crippen molar-refractivity contribution >= 4 is 5.97 Å². The van der Waals surface area contributed by atoms with Crippen LogP contribution in [-0.2, 0) is 4.79 Å². The molecule has 0 saturated carbocycles. The van der Waals surface area contributed by atoms with Crippen LogP contribution >= 0.6 is 0 Å². The molecule has 0 bridgehead atoms. The summed E-state index contributed by atoms with van der Waals surface area (Å²) in [5.74, 6) is -0.889. The largest absolute Gasteiger partial charge is 0.481 e. The molecule has 0 amide bonds. The molecule has 0 radical (unpaired) electrons. The van der Waals surface area contributed by atoms with Gasteiger partial charge in [0, 0.05) is 5.69 Å². The lowest BCUT2D eigenvalue weighted by atomic mass is 9.91. The summed E-state index contributed by atoms with van der Waals surface area (Å²) in [6.07, 6.45) is 1.40. The standard InChI is InChI=1S/C20H24N2O2/c1-14-6-3-4-8-17(14)19(18-9-5-7-15(2)21-18)22-12-10-16(11-13-22)20(23)24/h3-9,16,19H,10-13H2,1-2H3,(H,23,24). The van der Waals surface area contributed by atoms with Gasteiger partial charge in [0.15, 0.2) is 0 Å². The zero-order chi connectivity index (χ0) is 17.1. The van der Waals surface area contributed by atoms with E-state index >= 15 is 0 Å². The van der Waals surface area contributed by atoms with Crippen LogP contribution in [0.1, 0.15) is 41.4 Å². The molecule has 1 aliphatic rings. The molecule has 1 fully saturated rings. The molecular formula is C20H24N2O2. The van der Waals surface area contributed by atoms with Crippen molar-refractivity contribution in [1.82, 2.24) is 9.88 Å². The Morgan fingerprint density at radius 1 is 1.12 bits per heavy atom. The molecule has 24 heavy (non-hydrogen) atoms. The second-order valence-electron chi connectivity index (χ2n) is 6.61. The molecule has 1 N–H and O–H groups in total. The number of hydrogen-bond acceptors (Lipinski definition) is 3. The van der Waals surface area contributed by atoms with Crippen LogP contribution in [0.15, 0.2) is 42.5 Å². The second kappa shape index (κ2) is 7.14. The average Bonchev–Trinajstić information content (AvgIpc) is 2.57. The number of pyridine rings is 1. The van der Waals surface area contributed by atoms with E-state index in [0.29, 0.717) is 12.8 Å². The lowest BCUT2D eigenvalue weighted by Gasteiger charge is -2.37. The van der Waals surface area contributed by atoms with E-state index in [4.69, 9.17) is 4.98 Å². The van der Waals surface area contributed by atoms with Gasteiger partial charge in [0.1, 0.15) is 0 Å². The van der Waals surface area contributed by atoms with E-state index in [1.165, 1.54) is 11.1 Å². The normalized spacial score (nSPS) is 17.6. The summed E-state index contributed by atoms with van der Waals surface area (Å²) in [5.41, 5.74) is 4.54. The number of piperidine rings is 1. The van der Waals surface area contributed by atoms with Crippen LogP contribution in [0.5, 0.6) is 0 Å². The summed E-state index contributed by atoms with van der Waals surface area (Å²) in [5, 5.41) is 9.25. The lowest BCUT2D eigenvalue weighted by molar-refractivity contribution is -0.143. The van der Waals surface area contributed by atoms with E-state index in [0.717, 1.165) is 24.5 Å². The van der Waals surface area contributed by atoms with Crippen molar-refractivity contribution < 1.29 is 9.90 Å². The Kier molecular flexibility index (Phi) is 4.95.